The standard InChI is InChI=1S/C16H22N2O3S.ClH/c1-21-16(20)7-4-12-2-5-13(6-3-12)18-15(19)10-14-11-22-9-8-17-14;/h2-3,5-6,14,17H,4,7-11H2,1H3,(H,18,19);1H. The molecule has 1 aliphatic rings. The van der Waals surface area contributed by atoms with Gasteiger partial charge in [0.25, 0.3) is 0 Å². The lowest BCUT2D eigenvalue weighted by atomic mass is 10.1. The van der Waals surface area contributed by atoms with Crippen molar-refractivity contribution in [2.24, 2.45) is 0 Å². The number of aryl methyl sites for hydroxylation is 1. The summed E-state index contributed by atoms with van der Waals surface area (Å²) >= 11 is 1.88. The lowest BCUT2D eigenvalue weighted by Crippen LogP contribution is -2.39. The van der Waals surface area contributed by atoms with E-state index in [4.69, 9.17) is 0 Å². The fraction of sp³-hybridized carbons (Fsp3) is 0.500. The van der Waals surface area contributed by atoms with E-state index in [-0.39, 0.29) is 30.3 Å². The maximum atomic E-state index is 12.0. The van der Waals surface area contributed by atoms with E-state index < -0.39 is 0 Å². The van der Waals surface area contributed by atoms with E-state index >= 15 is 0 Å². The number of hydrogen-bond acceptors (Lipinski definition) is 5. The minimum absolute atomic E-state index is 0. The van der Waals surface area contributed by atoms with Gasteiger partial charge in [-0.2, -0.15) is 11.8 Å². The van der Waals surface area contributed by atoms with Gasteiger partial charge in [-0.15, -0.1) is 12.4 Å². The van der Waals surface area contributed by atoms with Gasteiger partial charge in [0.2, 0.25) is 5.91 Å². The molecule has 0 spiro atoms. The van der Waals surface area contributed by atoms with Crippen LogP contribution in [0.25, 0.3) is 0 Å². The largest absolute Gasteiger partial charge is 0.469 e. The fourth-order valence-electron chi connectivity index (χ4n) is 2.29. The molecule has 2 rings (SSSR count). The number of nitrogens with one attached hydrogen (secondary N) is 2. The van der Waals surface area contributed by atoms with Crippen LogP contribution in [0.3, 0.4) is 0 Å². The maximum Gasteiger partial charge on any atom is 0.305 e. The SMILES string of the molecule is COC(=O)CCc1ccc(NC(=O)CC2CSCCN2)cc1.Cl. The first-order valence-corrected chi connectivity index (χ1v) is 8.59. The molecular formula is C16H23ClN2O3S. The molecule has 1 aromatic carbocycles. The number of hydrogen-bond donors (Lipinski definition) is 2. The van der Waals surface area contributed by atoms with E-state index in [1.165, 1.54) is 7.11 Å². The monoisotopic (exact) mass is 358 g/mol. The minimum atomic E-state index is -0.213. The summed E-state index contributed by atoms with van der Waals surface area (Å²) in [5.74, 6) is 1.92. The van der Waals surface area contributed by atoms with Crippen LogP contribution < -0.4 is 10.6 Å². The van der Waals surface area contributed by atoms with Gasteiger partial charge in [0.05, 0.1) is 7.11 Å². The van der Waals surface area contributed by atoms with Gasteiger partial charge in [-0.1, -0.05) is 12.1 Å². The highest BCUT2D eigenvalue weighted by Gasteiger charge is 2.16. The number of esters is 1. The van der Waals surface area contributed by atoms with Crippen LogP contribution in [0.5, 0.6) is 0 Å². The molecule has 23 heavy (non-hydrogen) atoms. The number of carbonyl (C=O) groups excluding carboxylic acids is 2. The molecule has 0 aliphatic carbocycles. The summed E-state index contributed by atoms with van der Waals surface area (Å²) in [6, 6.07) is 7.85. The summed E-state index contributed by atoms with van der Waals surface area (Å²) in [5.41, 5.74) is 1.84. The molecule has 1 aromatic rings. The highest BCUT2D eigenvalue weighted by atomic mass is 35.5. The third-order valence-corrected chi connectivity index (χ3v) is 4.64. The molecule has 1 aliphatic heterocycles. The van der Waals surface area contributed by atoms with E-state index in [0.29, 0.717) is 19.3 Å². The topological polar surface area (TPSA) is 67.4 Å². The molecule has 1 atom stereocenters. The number of ether oxygens (including phenoxy) is 1. The Morgan fingerprint density at radius 2 is 2.09 bits per heavy atom. The van der Waals surface area contributed by atoms with Gasteiger partial charge in [0.15, 0.2) is 0 Å². The van der Waals surface area contributed by atoms with Crippen molar-refractivity contribution in [3.8, 4) is 0 Å². The zero-order valence-electron chi connectivity index (χ0n) is 13.2. The predicted molar refractivity (Wildman–Crippen MR) is 96.4 cm³/mol. The molecule has 1 saturated heterocycles. The van der Waals surface area contributed by atoms with E-state index in [0.717, 1.165) is 29.3 Å². The Morgan fingerprint density at radius 3 is 2.70 bits per heavy atom. The van der Waals surface area contributed by atoms with Crippen molar-refractivity contribution in [3.05, 3.63) is 29.8 Å². The maximum absolute atomic E-state index is 12.0. The summed E-state index contributed by atoms with van der Waals surface area (Å²) < 4.78 is 4.62. The van der Waals surface area contributed by atoms with Gasteiger partial charge in [-0.25, -0.2) is 0 Å². The first-order chi connectivity index (χ1) is 10.7. The van der Waals surface area contributed by atoms with Gasteiger partial charge < -0.3 is 15.4 Å². The smallest absolute Gasteiger partial charge is 0.305 e. The number of halogens is 1. The van der Waals surface area contributed by atoms with Gasteiger partial charge in [0, 0.05) is 42.6 Å². The zero-order chi connectivity index (χ0) is 15.8. The highest BCUT2D eigenvalue weighted by molar-refractivity contribution is 7.99. The van der Waals surface area contributed by atoms with Crippen LogP contribution in [-0.4, -0.2) is 43.1 Å². The molecule has 0 saturated carbocycles. The van der Waals surface area contributed by atoms with Crippen molar-refractivity contribution in [3.63, 3.8) is 0 Å². The van der Waals surface area contributed by atoms with Crippen molar-refractivity contribution in [2.75, 3.05) is 30.5 Å². The first-order valence-electron chi connectivity index (χ1n) is 7.44. The highest BCUT2D eigenvalue weighted by Crippen LogP contribution is 2.14. The molecule has 0 radical (unpaired) electrons. The second-order valence-electron chi connectivity index (χ2n) is 5.25. The second-order valence-corrected chi connectivity index (χ2v) is 6.40. The average molecular weight is 359 g/mol. The summed E-state index contributed by atoms with van der Waals surface area (Å²) in [5, 5.41) is 6.26. The minimum Gasteiger partial charge on any atom is -0.469 e. The molecule has 1 heterocycles. The van der Waals surface area contributed by atoms with Gasteiger partial charge in [-0.3, -0.25) is 9.59 Å². The number of methoxy groups -OCH3 is 1. The molecule has 1 unspecified atom stereocenters. The third-order valence-electron chi connectivity index (χ3n) is 3.51. The molecule has 1 amide bonds. The predicted octanol–water partition coefficient (Wildman–Crippen LogP) is 2.25. The zero-order valence-corrected chi connectivity index (χ0v) is 14.8. The van der Waals surface area contributed by atoms with Crippen molar-refractivity contribution in [1.82, 2.24) is 5.32 Å². The van der Waals surface area contributed by atoms with Gasteiger partial charge >= 0.3 is 5.97 Å². The number of amides is 1. The van der Waals surface area contributed by atoms with Crippen LogP contribution >= 0.6 is 24.2 Å². The summed E-state index contributed by atoms with van der Waals surface area (Å²) in [6.45, 7) is 0.970. The Hall–Kier alpha value is -1.24. The molecular weight excluding hydrogens is 336 g/mol. The number of anilines is 1. The van der Waals surface area contributed by atoms with E-state index in [1.54, 1.807) is 0 Å². The summed E-state index contributed by atoms with van der Waals surface area (Å²) in [6.07, 6.45) is 1.51. The Balaban J connectivity index is 0.00000264. The molecule has 0 bridgehead atoms. The van der Waals surface area contributed by atoms with Crippen LogP contribution in [-0.2, 0) is 20.7 Å². The molecule has 128 valence electrons. The molecule has 7 heteroatoms. The van der Waals surface area contributed by atoms with Crippen LogP contribution in [0.2, 0.25) is 0 Å². The number of thioether (sulfide) groups is 1. The van der Waals surface area contributed by atoms with E-state index in [9.17, 15) is 9.59 Å². The van der Waals surface area contributed by atoms with Crippen LogP contribution in [0, 0.1) is 0 Å². The summed E-state index contributed by atoms with van der Waals surface area (Å²) in [4.78, 5) is 23.1. The van der Waals surface area contributed by atoms with Gasteiger partial charge in [0.1, 0.15) is 0 Å². The Morgan fingerprint density at radius 1 is 1.35 bits per heavy atom. The Bertz CT molecular complexity index is 505. The Labute approximate surface area is 147 Å². The Kier molecular flexibility index (Phi) is 9.06. The average Bonchev–Trinajstić information content (AvgIpc) is 2.54. The quantitative estimate of drug-likeness (QED) is 0.763. The first kappa shape index (κ1) is 19.8. The lowest BCUT2D eigenvalue weighted by Gasteiger charge is -2.22. The fourth-order valence-corrected chi connectivity index (χ4v) is 3.24. The van der Waals surface area contributed by atoms with Crippen molar-refractivity contribution in [2.45, 2.75) is 25.3 Å². The number of benzene rings is 1. The number of rotatable bonds is 6. The lowest BCUT2D eigenvalue weighted by molar-refractivity contribution is -0.140. The molecule has 1 fully saturated rings. The van der Waals surface area contributed by atoms with Crippen LogP contribution in [0.15, 0.2) is 24.3 Å². The van der Waals surface area contributed by atoms with E-state index in [2.05, 4.69) is 15.4 Å². The van der Waals surface area contributed by atoms with Crippen molar-refractivity contribution < 1.29 is 14.3 Å². The molecule has 5 nitrogen and oxygen atoms in total. The summed E-state index contributed by atoms with van der Waals surface area (Å²) in [7, 11) is 1.39. The van der Waals surface area contributed by atoms with Crippen molar-refractivity contribution in [1.29, 1.82) is 0 Å². The van der Waals surface area contributed by atoms with Crippen molar-refractivity contribution >= 4 is 41.7 Å². The van der Waals surface area contributed by atoms with Gasteiger partial charge in [-0.05, 0) is 24.1 Å². The normalized spacial score (nSPS) is 17.0. The second kappa shape index (κ2) is 10.5. The van der Waals surface area contributed by atoms with Crippen LogP contribution in [0.4, 0.5) is 5.69 Å². The number of carbonyl (C=O) groups is 2. The van der Waals surface area contributed by atoms with Crippen LogP contribution in [0.1, 0.15) is 18.4 Å². The van der Waals surface area contributed by atoms with E-state index in [1.807, 2.05) is 36.0 Å². The third kappa shape index (κ3) is 7.24. The molecule has 0 aromatic heterocycles. The molecule has 2 N–H and O–H groups in total.